The zero-order valence-corrected chi connectivity index (χ0v) is 13.3. The Morgan fingerprint density at radius 3 is 2.68 bits per heavy atom. The lowest BCUT2D eigenvalue weighted by Crippen LogP contribution is -2.07. The fourth-order valence-electron chi connectivity index (χ4n) is 2.80. The van der Waals surface area contributed by atoms with Gasteiger partial charge in [0.25, 0.3) is 0 Å². The second-order valence-corrected chi connectivity index (χ2v) is 5.85. The van der Waals surface area contributed by atoms with Gasteiger partial charge in [-0.2, -0.15) is 0 Å². The van der Waals surface area contributed by atoms with Gasteiger partial charge >= 0.3 is 0 Å². The number of hydrogen-bond donors (Lipinski definition) is 1. The average Bonchev–Trinajstić information content (AvgIpc) is 2.62. The van der Waals surface area contributed by atoms with Crippen LogP contribution in [0.2, 0.25) is 0 Å². The molecule has 4 rings (SSSR count). The summed E-state index contributed by atoms with van der Waals surface area (Å²) < 4.78 is 5.67. The summed E-state index contributed by atoms with van der Waals surface area (Å²) in [6.07, 6.45) is 1.35. The van der Waals surface area contributed by atoms with E-state index in [0.717, 1.165) is 5.56 Å². The van der Waals surface area contributed by atoms with E-state index >= 15 is 0 Å². The van der Waals surface area contributed by atoms with Crippen LogP contribution in [0.1, 0.15) is 21.5 Å². The van der Waals surface area contributed by atoms with Crippen LogP contribution in [0.5, 0.6) is 5.75 Å². The van der Waals surface area contributed by atoms with E-state index in [2.05, 4.69) is 4.98 Å². The van der Waals surface area contributed by atoms with Crippen LogP contribution in [-0.2, 0) is 0 Å². The van der Waals surface area contributed by atoms with Crippen LogP contribution in [0.25, 0.3) is 22.1 Å². The predicted molar refractivity (Wildman–Crippen MR) is 94.1 cm³/mol. The largest absolute Gasteiger partial charge is 0.507 e. The molecule has 0 atom stereocenters. The number of aromatic nitrogens is 1. The molecule has 5 nitrogen and oxygen atoms in total. The van der Waals surface area contributed by atoms with Gasteiger partial charge in [0.1, 0.15) is 11.3 Å². The van der Waals surface area contributed by atoms with E-state index in [0.29, 0.717) is 11.0 Å². The molecule has 0 aliphatic heterocycles. The van der Waals surface area contributed by atoms with Crippen molar-refractivity contribution >= 4 is 27.9 Å². The van der Waals surface area contributed by atoms with E-state index in [9.17, 15) is 14.7 Å². The van der Waals surface area contributed by atoms with Gasteiger partial charge in [0.05, 0.1) is 16.3 Å². The van der Waals surface area contributed by atoms with Gasteiger partial charge in [0.15, 0.2) is 5.78 Å². The van der Waals surface area contributed by atoms with Crippen LogP contribution >= 0.6 is 0 Å². The summed E-state index contributed by atoms with van der Waals surface area (Å²) in [6.45, 7) is 1.89. The molecule has 0 aliphatic rings. The fraction of sp³-hybridized carbons (Fsp3) is 0.0500. The van der Waals surface area contributed by atoms with Crippen molar-refractivity contribution in [2.24, 2.45) is 0 Å². The summed E-state index contributed by atoms with van der Waals surface area (Å²) >= 11 is 0. The van der Waals surface area contributed by atoms with E-state index in [1.165, 1.54) is 24.4 Å². The molecule has 2 aromatic carbocycles. The Morgan fingerprint density at radius 1 is 1.08 bits per heavy atom. The van der Waals surface area contributed by atoms with E-state index in [1.54, 1.807) is 24.3 Å². The van der Waals surface area contributed by atoms with Crippen molar-refractivity contribution in [3.05, 3.63) is 81.6 Å². The van der Waals surface area contributed by atoms with Gasteiger partial charge in [-0.25, -0.2) is 4.98 Å². The molecule has 4 aromatic rings. The second-order valence-electron chi connectivity index (χ2n) is 5.85. The highest BCUT2D eigenvalue weighted by Gasteiger charge is 2.16. The first-order chi connectivity index (χ1) is 12.0. The lowest BCUT2D eigenvalue weighted by atomic mass is 10.0. The predicted octanol–water partition coefficient (Wildman–Crippen LogP) is 3.59. The van der Waals surface area contributed by atoms with Crippen LogP contribution in [-0.4, -0.2) is 15.9 Å². The van der Waals surface area contributed by atoms with E-state index < -0.39 is 5.78 Å². The lowest BCUT2D eigenvalue weighted by molar-refractivity contribution is 0.103. The molecule has 122 valence electrons. The molecule has 0 aliphatic carbocycles. The molecular weight excluding hydrogens is 318 g/mol. The summed E-state index contributed by atoms with van der Waals surface area (Å²) in [5, 5.41) is 10.5. The Morgan fingerprint density at radius 2 is 1.88 bits per heavy atom. The van der Waals surface area contributed by atoms with Crippen molar-refractivity contribution in [1.29, 1.82) is 0 Å². The zero-order valence-electron chi connectivity index (χ0n) is 13.3. The SMILES string of the molecule is Cc1ccc2oc3ncc(C(=O)c4ccccc4O)cc3c(=O)c2c1. The number of nitrogens with zero attached hydrogens (tertiary/aromatic N) is 1. The molecule has 2 heterocycles. The van der Waals surface area contributed by atoms with Crippen molar-refractivity contribution in [2.75, 3.05) is 0 Å². The minimum Gasteiger partial charge on any atom is -0.507 e. The summed E-state index contributed by atoms with van der Waals surface area (Å²) in [5.41, 5.74) is 1.71. The molecular formula is C20H13NO4. The maximum atomic E-state index is 12.8. The summed E-state index contributed by atoms with van der Waals surface area (Å²) in [5.74, 6) is -0.523. The first-order valence-corrected chi connectivity index (χ1v) is 7.70. The van der Waals surface area contributed by atoms with Gasteiger partial charge in [-0.1, -0.05) is 23.8 Å². The molecule has 0 saturated carbocycles. The fourth-order valence-corrected chi connectivity index (χ4v) is 2.80. The van der Waals surface area contributed by atoms with Crippen molar-refractivity contribution < 1.29 is 14.3 Å². The first kappa shape index (κ1) is 15.1. The monoisotopic (exact) mass is 331 g/mol. The number of para-hydroxylation sites is 1. The number of pyridine rings is 1. The van der Waals surface area contributed by atoms with Gasteiger partial charge in [-0.3, -0.25) is 9.59 Å². The smallest absolute Gasteiger partial charge is 0.230 e. The van der Waals surface area contributed by atoms with Gasteiger partial charge in [0.2, 0.25) is 11.1 Å². The van der Waals surface area contributed by atoms with Gasteiger partial charge in [0, 0.05) is 11.8 Å². The molecule has 5 heteroatoms. The number of ketones is 1. The van der Waals surface area contributed by atoms with Crippen LogP contribution in [0, 0.1) is 6.92 Å². The summed E-state index contributed by atoms with van der Waals surface area (Å²) in [7, 11) is 0. The second kappa shape index (κ2) is 5.56. The number of carbonyl (C=O) groups excluding carboxylic acids is 1. The molecule has 0 unspecified atom stereocenters. The molecule has 0 fully saturated rings. The molecule has 0 amide bonds. The van der Waals surface area contributed by atoms with Gasteiger partial charge < -0.3 is 9.52 Å². The Bertz CT molecular complexity index is 1210. The first-order valence-electron chi connectivity index (χ1n) is 7.70. The number of aryl methyl sites for hydroxylation is 1. The highest BCUT2D eigenvalue weighted by Crippen LogP contribution is 2.22. The summed E-state index contributed by atoms with van der Waals surface area (Å²) in [4.78, 5) is 29.5. The maximum Gasteiger partial charge on any atom is 0.230 e. The molecule has 0 radical (unpaired) electrons. The Balaban J connectivity index is 1.94. The number of carbonyl (C=O) groups is 1. The Labute approximate surface area is 142 Å². The number of hydrogen-bond acceptors (Lipinski definition) is 5. The third-order valence-electron chi connectivity index (χ3n) is 4.09. The van der Waals surface area contributed by atoms with Crippen LogP contribution in [0.3, 0.4) is 0 Å². The number of benzene rings is 2. The van der Waals surface area contributed by atoms with Crippen LogP contribution in [0.4, 0.5) is 0 Å². The number of phenols is 1. The number of aromatic hydroxyl groups is 1. The van der Waals surface area contributed by atoms with Crippen LogP contribution < -0.4 is 5.43 Å². The maximum absolute atomic E-state index is 12.8. The highest BCUT2D eigenvalue weighted by atomic mass is 16.3. The topological polar surface area (TPSA) is 80.4 Å². The molecule has 0 spiro atoms. The van der Waals surface area contributed by atoms with Crippen LogP contribution in [0.15, 0.2) is 63.9 Å². The van der Waals surface area contributed by atoms with Crippen molar-refractivity contribution in [3.8, 4) is 5.75 Å². The van der Waals surface area contributed by atoms with Gasteiger partial charge in [-0.15, -0.1) is 0 Å². The number of fused-ring (bicyclic) bond motifs is 2. The molecule has 2 aromatic heterocycles. The minimum atomic E-state index is -0.406. The van der Waals surface area contributed by atoms with E-state index in [4.69, 9.17) is 4.42 Å². The standard InChI is InChI=1S/C20H13NO4/c1-11-6-7-17-14(8-11)19(24)15-9-12(10-21-20(15)25-17)18(23)13-4-2-3-5-16(13)22/h2-10,22H,1H3. The highest BCUT2D eigenvalue weighted by molar-refractivity contribution is 6.11. The zero-order chi connectivity index (χ0) is 17.6. The molecule has 1 N–H and O–H groups in total. The molecule has 0 bridgehead atoms. The molecule has 0 saturated heterocycles. The quantitative estimate of drug-likeness (QED) is 0.448. The molecule has 25 heavy (non-hydrogen) atoms. The Hall–Kier alpha value is -3.47. The Kier molecular flexibility index (Phi) is 3.35. The normalized spacial score (nSPS) is 11.1. The van der Waals surface area contributed by atoms with Gasteiger partial charge in [-0.05, 0) is 37.3 Å². The lowest BCUT2D eigenvalue weighted by Gasteiger charge is -2.05. The number of phenolic OH excluding ortho intramolecular Hbond substituents is 1. The minimum absolute atomic E-state index is 0.117. The van der Waals surface area contributed by atoms with Crippen molar-refractivity contribution in [1.82, 2.24) is 4.98 Å². The third kappa shape index (κ3) is 2.46. The van der Waals surface area contributed by atoms with E-state index in [-0.39, 0.29) is 33.4 Å². The third-order valence-corrected chi connectivity index (χ3v) is 4.09. The van der Waals surface area contributed by atoms with Crippen molar-refractivity contribution in [2.45, 2.75) is 6.92 Å². The average molecular weight is 331 g/mol. The number of rotatable bonds is 2. The summed E-state index contributed by atoms with van der Waals surface area (Å²) in [6, 6.07) is 13.0. The van der Waals surface area contributed by atoms with Crippen molar-refractivity contribution in [3.63, 3.8) is 0 Å². The van der Waals surface area contributed by atoms with E-state index in [1.807, 2.05) is 13.0 Å².